The average Bonchev–Trinajstić information content (AvgIpc) is 3.07. The van der Waals surface area contributed by atoms with E-state index in [4.69, 9.17) is 17.3 Å². The van der Waals surface area contributed by atoms with Gasteiger partial charge in [-0.25, -0.2) is 4.99 Å². The van der Waals surface area contributed by atoms with Gasteiger partial charge in [0.1, 0.15) is 5.16 Å². The quantitative estimate of drug-likeness (QED) is 0.693. The molecule has 4 N–H and O–H groups in total. The van der Waals surface area contributed by atoms with Crippen LogP contribution in [0, 0.1) is 0 Å². The molecule has 1 aromatic heterocycles. The molecule has 2 heterocycles. The Balaban J connectivity index is 1.88. The summed E-state index contributed by atoms with van der Waals surface area (Å²) in [6, 6.07) is 0. The maximum atomic E-state index is 12.5. The number of rotatable bonds is 1. The van der Waals surface area contributed by atoms with E-state index in [1.165, 1.54) is 0 Å². The van der Waals surface area contributed by atoms with E-state index in [-0.39, 0.29) is 16.6 Å². The van der Waals surface area contributed by atoms with Gasteiger partial charge in [-0.05, 0) is 43.0 Å². The molecule has 1 aliphatic heterocycles. The van der Waals surface area contributed by atoms with Crippen LogP contribution in [0.2, 0.25) is 0 Å². The molecule has 1 amide bonds. The number of amides is 1. The summed E-state index contributed by atoms with van der Waals surface area (Å²) < 4.78 is 0. The first kappa shape index (κ1) is 13.6. The Morgan fingerprint density at radius 2 is 2.18 bits per heavy atom. The lowest BCUT2D eigenvalue weighted by molar-refractivity contribution is 0.0917. The summed E-state index contributed by atoms with van der Waals surface area (Å²) in [6.07, 6.45) is 6.04. The molecule has 1 spiro atoms. The predicted molar refractivity (Wildman–Crippen MR) is 86.0 cm³/mol. The van der Waals surface area contributed by atoms with Crippen LogP contribution in [0.5, 0.6) is 0 Å². The number of nitrogens with one attached hydrogen (secondary N) is 2. The molecule has 22 heavy (non-hydrogen) atoms. The summed E-state index contributed by atoms with van der Waals surface area (Å²) in [4.78, 5) is 20.2. The fourth-order valence-corrected chi connectivity index (χ4v) is 3.63. The van der Waals surface area contributed by atoms with Gasteiger partial charge in [0.25, 0.3) is 5.91 Å². The standard InChI is InChI=1S/C16H17ClN4O/c1-8(17)19-13-9(7-18)2-3-10-12-11(20-14(10)13)6-16(4-5-16)21-15(12)22/h7,20H,1-6,18H2,(H,21,22)/b9-7-,19-13+. The molecule has 114 valence electrons. The van der Waals surface area contributed by atoms with E-state index in [2.05, 4.69) is 21.9 Å². The molecule has 2 aliphatic carbocycles. The van der Waals surface area contributed by atoms with E-state index >= 15 is 0 Å². The van der Waals surface area contributed by atoms with Crippen LogP contribution >= 0.6 is 11.6 Å². The van der Waals surface area contributed by atoms with Gasteiger partial charge in [0.05, 0.1) is 17.0 Å². The van der Waals surface area contributed by atoms with Crippen molar-refractivity contribution in [3.05, 3.63) is 46.0 Å². The summed E-state index contributed by atoms with van der Waals surface area (Å²) >= 11 is 5.87. The minimum atomic E-state index is -0.0164. The van der Waals surface area contributed by atoms with Crippen LogP contribution < -0.4 is 11.1 Å². The highest BCUT2D eigenvalue weighted by Crippen LogP contribution is 2.44. The zero-order valence-electron chi connectivity index (χ0n) is 12.1. The number of carbonyl (C=O) groups excluding carboxylic acids is 1. The minimum Gasteiger partial charge on any atom is -0.404 e. The lowest BCUT2D eigenvalue weighted by atomic mass is 9.87. The van der Waals surface area contributed by atoms with Crippen molar-refractivity contribution in [1.29, 1.82) is 0 Å². The van der Waals surface area contributed by atoms with E-state index in [9.17, 15) is 4.79 Å². The van der Waals surface area contributed by atoms with E-state index < -0.39 is 0 Å². The summed E-state index contributed by atoms with van der Waals surface area (Å²) in [5.41, 5.74) is 11.0. The number of fused-ring (bicyclic) bond motifs is 3. The van der Waals surface area contributed by atoms with Crippen LogP contribution in [0.15, 0.2) is 28.5 Å². The van der Waals surface area contributed by atoms with Crippen molar-refractivity contribution in [1.82, 2.24) is 10.3 Å². The monoisotopic (exact) mass is 316 g/mol. The Bertz CT molecular complexity index is 767. The molecule has 3 aliphatic rings. The second-order valence-electron chi connectivity index (χ2n) is 6.27. The Hall–Kier alpha value is -2.01. The second kappa shape index (κ2) is 4.49. The van der Waals surface area contributed by atoms with Gasteiger partial charge >= 0.3 is 0 Å². The lowest BCUT2D eigenvalue weighted by Crippen LogP contribution is -2.43. The van der Waals surface area contributed by atoms with Gasteiger partial charge in [-0.3, -0.25) is 4.79 Å². The summed E-state index contributed by atoms with van der Waals surface area (Å²) in [6.45, 7) is 3.64. The van der Waals surface area contributed by atoms with Crippen molar-refractivity contribution in [3.8, 4) is 0 Å². The number of hydrogen-bond donors (Lipinski definition) is 3. The molecule has 4 rings (SSSR count). The first-order valence-electron chi connectivity index (χ1n) is 7.44. The number of allylic oxidation sites excluding steroid dienone is 1. The van der Waals surface area contributed by atoms with Crippen LogP contribution in [0.1, 0.15) is 46.6 Å². The molecule has 0 aromatic carbocycles. The molecule has 0 unspecified atom stereocenters. The summed E-state index contributed by atoms with van der Waals surface area (Å²) in [7, 11) is 0. The minimum absolute atomic E-state index is 0.0164. The normalized spacial score (nSPS) is 25.0. The van der Waals surface area contributed by atoms with Crippen molar-refractivity contribution in [2.75, 3.05) is 0 Å². The van der Waals surface area contributed by atoms with E-state index in [0.29, 0.717) is 5.71 Å². The number of aliphatic imine (C=N–C) groups is 1. The fourth-order valence-electron chi connectivity index (χ4n) is 3.54. The first-order chi connectivity index (χ1) is 10.5. The highest BCUT2D eigenvalue weighted by molar-refractivity contribution is 6.30. The van der Waals surface area contributed by atoms with Crippen molar-refractivity contribution in [2.24, 2.45) is 10.7 Å². The molecule has 0 bridgehead atoms. The van der Waals surface area contributed by atoms with Crippen LogP contribution in [-0.2, 0) is 12.8 Å². The SMILES string of the molecule is C=C(Cl)/N=C1\C(=C/N)CCc2c1[nH]c1c2C(=O)NC2(CC2)C1. The third kappa shape index (κ3) is 1.92. The van der Waals surface area contributed by atoms with Crippen molar-refractivity contribution < 1.29 is 4.79 Å². The van der Waals surface area contributed by atoms with E-state index in [1.54, 1.807) is 6.20 Å². The number of nitrogens with zero attached hydrogens (tertiary/aromatic N) is 1. The third-order valence-electron chi connectivity index (χ3n) is 4.78. The number of halogens is 1. The van der Waals surface area contributed by atoms with Gasteiger partial charge in [-0.15, -0.1) is 0 Å². The van der Waals surface area contributed by atoms with Gasteiger partial charge in [0, 0.05) is 17.7 Å². The summed E-state index contributed by atoms with van der Waals surface area (Å²) in [5, 5.41) is 3.36. The Morgan fingerprint density at radius 1 is 1.41 bits per heavy atom. The smallest absolute Gasteiger partial charge is 0.253 e. The number of nitrogens with two attached hydrogens (primary N) is 1. The number of aromatic nitrogens is 1. The van der Waals surface area contributed by atoms with E-state index in [0.717, 1.165) is 60.2 Å². The lowest BCUT2D eigenvalue weighted by Gasteiger charge is -2.24. The van der Waals surface area contributed by atoms with Gasteiger partial charge in [-0.2, -0.15) is 0 Å². The van der Waals surface area contributed by atoms with Crippen molar-refractivity contribution in [3.63, 3.8) is 0 Å². The van der Waals surface area contributed by atoms with Crippen molar-refractivity contribution >= 4 is 23.2 Å². The average molecular weight is 317 g/mol. The highest BCUT2D eigenvalue weighted by Gasteiger charge is 2.49. The first-order valence-corrected chi connectivity index (χ1v) is 7.82. The maximum absolute atomic E-state index is 12.5. The number of H-pyrrole nitrogens is 1. The molecule has 1 fully saturated rings. The third-order valence-corrected chi connectivity index (χ3v) is 4.86. The van der Waals surface area contributed by atoms with Gasteiger partial charge in [0.2, 0.25) is 0 Å². The molecule has 0 radical (unpaired) electrons. The molecule has 0 saturated heterocycles. The number of aromatic amines is 1. The van der Waals surface area contributed by atoms with Gasteiger partial charge in [0.15, 0.2) is 0 Å². The maximum Gasteiger partial charge on any atom is 0.253 e. The molecule has 5 nitrogen and oxygen atoms in total. The van der Waals surface area contributed by atoms with E-state index in [1.807, 2.05) is 0 Å². The number of hydrogen-bond acceptors (Lipinski definition) is 3. The fraction of sp³-hybridized carbons (Fsp3) is 0.375. The van der Waals surface area contributed by atoms with Crippen LogP contribution in [0.4, 0.5) is 0 Å². The highest BCUT2D eigenvalue weighted by atomic mass is 35.5. The molecular formula is C16H17ClN4O. The predicted octanol–water partition coefficient (Wildman–Crippen LogP) is 2.12. The summed E-state index contributed by atoms with van der Waals surface area (Å²) in [5.74, 6) is 0.0282. The molecule has 6 heteroatoms. The zero-order valence-corrected chi connectivity index (χ0v) is 12.9. The van der Waals surface area contributed by atoms with Crippen molar-refractivity contribution in [2.45, 2.75) is 37.6 Å². The van der Waals surface area contributed by atoms with Crippen LogP contribution in [-0.4, -0.2) is 22.1 Å². The van der Waals surface area contributed by atoms with Crippen LogP contribution in [0.25, 0.3) is 0 Å². The van der Waals surface area contributed by atoms with Gasteiger partial charge in [-0.1, -0.05) is 18.2 Å². The zero-order chi connectivity index (χ0) is 15.5. The molecule has 1 aromatic rings. The Labute approximate surface area is 133 Å². The topological polar surface area (TPSA) is 83.3 Å². The number of carbonyl (C=O) groups is 1. The molecular weight excluding hydrogens is 300 g/mol. The van der Waals surface area contributed by atoms with Gasteiger partial charge < -0.3 is 16.0 Å². The molecule has 0 atom stereocenters. The Kier molecular flexibility index (Phi) is 2.78. The second-order valence-corrected chi connectivity index (χ2v) is 6.71. The van der Waals surface area contributed by atoms with Crippen LogP contribution in [0.3, 0.4) is 0 Å². The molecule has 1 saturated carbocycles. The largest absolute Gasteiger partial charge is 0.404 e. The Morgan fingerprint density at radius 3 is 2.82 bits per heavy atom.